The van der Waals surface area contributed by atoms with Crippen molar-refractivity contribution in [3.63, 3.8) is 0 Å². The van der Waals surface area contributed by atoms with Gasteiger partial charge in [-0.3, -0.25) is 4.99 Å². The summed E-state index contributed by atoms with van der Waals surface area (Å²) in [5.74, 6) is 4.20. The summed E-state index contributed by atoms with van der Waals surface area (Å²) >= 11 is 0. The fourth-order valence-corrected chi connectivity index (χ4v) is 3.52. The van der Waals surface area contributed by atoms with Crippen molar-refractivity contribution in [3.8, 4) is 18.1 Å². The van der Waals surface area contributed by atoms with Crippen LogP contribution in [0.25, 0.3) is 0 Å². The summed E-state index contributed by atoms with van der Waals surface area (Å²) in [6, 6.07) is 8.04. The van der Waals surface area contributed by atoms with E-state index >= 15 is 0 Å². The third-order valence-electron chi connectivity index (χ3n) is 4.93. The molecule has 7 heteroatoms. The van der Waals surface area contributed by atoms with Gasteiger partial charge in [-0.25, -0.2) is 0 Å². The topological polar surface area (TPSA) is 55.3 Å². The summed E-state index contributed by atoms with van der Waals surface area (Å²) in [5, 5.41) is 3.47. The maximum Gasteiger partial charge on any atom is 0.193 e. The third kappa shape index (κ3) is 6.54. The van der Waals surface area contributed by atoms with Gasteiger partial charge in [0.05, 0.1) is 12.7 Å². The lowest BCUT2D eigenvalue weighted by atomic mass is 10.1. The first-order valence-corrected chi connectivity index (χ1v) is 9.64. The van der Waals surface area contributed by atoms with Crippen LogP contribution >= 0.6 is 24.0 Å². The van der Waals surface area contributed by atoms with Gasteiger partial charge in [0.1, 0.15) is 18.5 Å². The number of ether oxygens (including phenoxy) is 3. The minimum atomic E-state index is 0. The predicted molar refractivity (Wildman–Crippen MR) is 122 cm³/mol. The molecule has 2 fully saturated rings. The van der Waals surface area contributed by atoms with E-state index < -0.39 is 0 Å². The van der Waals surface area contributed by atoms with Crippen molar-refractivity contribution in [3.05, 3.63) is 29.8 Å². The second-order valence-corrected chi connectivity index (χ2v) is 6.77. The van der Waals surface area contributed by atoms with Gasteiger partial charge in [-0.2, -0.15) is 0 Å². The monoisotopic (exact) mass is 499 g/mol. The van der Waals surface area contributed by atoms with Crippen molar-refractivity contribution in [1.82, 2.24) is 10.2 Å². The van der Waals surface area contributed by atoms with Gasteiger partial charge < -0.3 is 24.4 Å². The van der Waals surface area contributed by atoms with Crippen LogP contribution in [0.2, 0.25) is 0 Å². The Labute approximate surface area is 185 Å². The molecule has 2 heterocycles. The largest absolute Gasteiger partial charge is 0.481 e. The SMILES string of the molecule is C#CCOc1ccc(CCNC(=NC)N2CCOC(C3CCCO3)C2)cc1.I. The van der Waals surface area contributed by atoms with E-state index in [0.717, 1.165) is 57.2 Å². The number of halogens is 1. The van der Waals surface area contributed by atoms with E-state index in [4.69, 9.17) is 20.6 Å². The van der Waals surface area contributed by atoms with Gasteiger partial charge in [-0.1, -0.05) is 18.1 Å². The fourth-order valence-electron chi connectivity index (χ4n) is 3.52. The number of hydrogen-bond donors (Lipinski definition) is 1. The zero-order valence-corrected chi connectivity index (χ0v) is 18.8. The average molecular weight is 499 g/mol. The van der Waals surface area contributed by atoms with Gasteiger partial charge >= 0.3 is 0 Å². The number of guanidine groups is 1. The van der Waals surface area contributed by atoms with E-state index in [1.165, 1.54) is 5.56 Å². The molecule has 2 unspecified atom stereocenters. The highest BCUT2D eigenvalue weighted by Crippen LogP contribution is 2.21. The molecule has 0 bridgehead atoms. The summed E-state index contributed by atoms with van der Waals surface area (Å²) < 4.78 is 17.1. The van der Waals surface area contributed by atoms with E-state index in [1.54, 1.807) is 0 Å². The number of benzene rings is 1. The molecule has 2 aliphatic heterocycles. The summed E-state index contributed by atoms with van der Waals surface area (Å²) in [6.45, 7) is 4.35. The Morgan fingerprint density at radius 3 is 2.75 bits per heavy atom. The van der Waals surface area contributed by atoms with Gasteiger partial charge in [-0.15, -0.1) is 30.4 Å². The molecule has 154 valence electrons. The Kier molecular flexibility index (Phi) is 9.88. The maximum absolute atomic E-state index is 5.93. The smallest absolute Gasteiger partial charge is 0.193 e. The van der Waals surface area contributed by atoms with Crippen molar-refractivity contribution in [2.75, 3.05) is 46.5 Å². The Balaban J connectivity index is 0.00000280. The summed E-state index contributed by atoms with van der Waals surface area (Å²) in [7, 11) is 1.83. The van der Waals surface area contributed by atoms with E-state index in [0.29, 0.717) is 13.2 Å². The van der Waals surface area contributed by atoms with Gasteiger partial charge in [-0.05, 0) is 37.0 Å². The standard InChI is InChI=1S/C21H29N3O3.HI/c1-3-13-25-18-8-6-17(7-9-18)10-11-23-21(22-2)24-12-15-27-20(16-24)19-5-4-14-26-19;/h1,6-9,19-20H,4-5,10-16H2,2H3,(H,22,23);1H. The summed E-state index contributed by atoms with van der Waals surface area (Å²) in [6.07, 6.45) is 8.69. The molecule has 2 saturated heterocycles. The minimum Gasteiger partial charge on any atom is -0.481 e. The predicted octanol–water partition coefficient (Wildman–Crippen LogP) is 2.31. The zero-order valence-electron chi connectivity index (χ0n) is 16.4. The van der Waals surface area contributed by atoms with Crippen LogP contribution in [0.5, 0.6) is 5.75 Å². The molecular formula is C21H30IN3O3. The zero-order chi connectivity index (χ0) is 18.9. The van der Waals surface area contributed by atoms with Crippen molar-refractivity contribution in [2.24, 2.45) is 4.99 Å². The van der Waals surface area contributed by atoms with E-state index in [2.05, 4.69) is 33.3 Å². The van der Waals surface area contributed by atoms with Crippen molar-refractivity contribution >= 4 is 29.9 Å². The highest BCUT2D eigenvalue weighted by molar-refractivity contribution is 14.0. The van der Waals surface area contributed by atoms with Crippen LogP contribution in [0.1, 0.15) is 18.4 Å². The first-order chi connectivity index (χ1) is 13.3. The van der Waals surface area contributed by atoms with E-state index in [1.807, 2.05) is 19.2 Å². The highest BCUT2D eigenvalue weighted by Gasteiger charge is 2.32. The van der Waals surface area contributed by atoms with Crippen molar-refractivity contribution < 1.29 is 14.2 Å². The molecule has 0 amide bonds. The van der Waals surface area contributed by atoms with Crippen LogP contribution in [0.3, 0.4) is 0 Å². The Morgan fingerprint density at radius 1 is 1.29 bits per heavy atom. The molecule has 3 rings (SSSR count). The molecule has 0 aliphatic carbocycles. The molecule has 0 aromatic heterocycles. The lowest BCUT2D eigenvalue weighted by Gasteiger charge is -2.37. The average Bonchev–Trinajstić information content (AvgIpc) is 3.26. The number of terminal acetylenes is 1. The number of nitrogens with zero attached hydrogens (tertiary/aromatic N) is 2. The molecule has 0 saturated carbocycles. The van der Waals surface area contributed by atoms with Gasteiger partial charge in [0.2, 0.25) is 0 Å². The minimum absolute atomic E-state index is 0. The molecular weight excluding hydrogens is 469 g/mol. The molecule has 2 aliphatic rings. The van der Waals surface area contributed by atoms with Crippen molar-refractivity contribution in [2.45, 2.75) is 31.5 Å². The molecule has 28 heavy (non-hydrogen) atoms. The molecule has 0 spiro atoms. The van der Waals surface area contributed by atoms with Crippen LogP contribution in [-0.2, 0) is 15.9 Å². The normalized spacial score (nSPS) is 22.3. The van der Waals surface area contributed by atoms with E-state index in [-0.39, 0.29) is 36.2 Å². The quantitative estimate of drug-likeness (QED) is 0.282. The third-order valence-corrected chi connectivity index (χ3v) is 4.93. The van der Waals surface area contributed by atoms with Gasteiger partial charge in [0.15, 0.2) is 5.96 Å². The number of nitrogens with one attached hydrogen (secondary N) is 1. The number of morpholine rings is 1. The lowest BCUT2D eigenvalue weighted by Crippen LogP contribution is -2.53. The van der Waals surface area contributed by atoms with Crippen LogP contribution in [0.15, 0.2) is 29.3 Å². The Hall–Kier alpha value is -1.50. The Bertz CT molecular complexity index is 654. The van der Waals surface area contributed by atoms with Crippen LogP contribution in [-0.4, -0.2) is 69.6 Å². The number of hydrogen-bond acceptors (Lipinski definition) is 4. The second kappa shape index (κ2) is 12.1. The lowest BCUT2D eigenvalue weighted by molar-refractivity contribution is -0.0816. The molecule has 6 nitrogen and oxygen atoms in total. The molecule has 0 radical (unpaired) electrons. The molecule has 1 N–H and O–H groups in total. The number of aliphatic imine (C=N–C) groups is 1. The fraction of sp³-hybridized carbons (Fsp3) is 0.571. The first kappa shape index (κ1) is 22.8. The molecule has 1 aromatic rings. The Morgan fingerprint density at radius 2 is 2.07 bits per heavy atom. The maximum atomic E-state index is 5.93. The first-order valence-electron chi connectivity index (χ1n) is 9.64. The molecule has 1 aromatic carbocycles. The summed E-state index contributed by atoms with van der Waals surface area (Å²) in [4.78, 5) is 6.72. The van der Waals surface area contributed by atoms with Crippen LogP contribution in [0, 0.1) is 12.3 Å². The molecule has 2 atom stereocenters. The van der Waals surface area contributed by atoms with Gasteiger partial charge in [0.25, 0.3) is 0 Å². The second-order valence-electron chi connectivity index (χ2n) is 6.77. The van der Waals surface area contributed by atoms with Gasteiger partial charge in [0, 0.05) is 33.3 Å². The van der Waals surface area contributed by atoms with Crippen LogP contribution < -0.4 is 10.1 Å². The van der Waals surface area contributed by atoms with Crippen LogP contribution in [0.4, 0.5) is 0 Å². The van der Waals surface area contributed by atoms with E-state index in [9.17, 15) is 0 Å². The number of rotatable bonds is 6. The summed E-state index contributed by atoms with van der Waals surface area (Å²) in [5.41, 5.74) is 1.24. The highest BCUT2D eigenvalue weighted by atomic mass is 127. The van der Waals surface area contributed by atoms with Crippen molar-refractivity contribution in [1.29, 1.82) is 0 Å².